The molecule has 2 nitrogen and oxygen atoms in total. The summed E-state index contributed by atoms with van der Waals surface area (Å²) in [5.74, 6) is 1.62. The van der Waals surface area contributed by atoms with Crippen molar-refractivity contribution in [3.8, 4) is 6.07 Å². The van der Waals surface area contributed by atoms with E-state index in [1.54, 1.807) is 0 Å². The first-order valence-electron chi connectivity index (χ1n) is 6.14. The van der Waals surface area contributed by atoms with Crippen molar-refractivity contribution in [2.45, 2.75) is 26.2 Å². The fourth-order valence-electron chi connectivity index (χ4n) is 2.49. The molecule has 0 spiro atoms. The Morgan fingerprint density at radius 3 is 2.88 bits per heavy atom. The van der Waals surface area contributed by atoms with Gasteiger partial charge < -0.3 is 5.32 Å². The predicted octanol–water partition coefficient (Wildman–Crippen LogP) is 4.17. The first-order valence-corrected chi connectivity index (χ1v) is 6.93. The third-order valence-electron chi connectivity index (χ3n) is 3.69. The minimum absolute atomic E-state index is 0.691. The highest BCUT2D eigenvalue weighted by molar-refractivity contribution is 9.10. The lowest BCUT2D eigenvalue weighted by Crippen LogP contribution is -2.16. The Bertz CT molecular complexity index is 436. The summed E-state index contributed by atoms with van der Waals surface area (Å²) in [5.41, 5.74) is 1.78. The molecule has 2 unspecified atom stereocenters. The van der Waals surface area contributed by atoms with Crippen molar-refractivity contribution in [1.82, 2.24) is 0 Å². The van der Waals surface area contributed by atoms with Crippen LogP contribution < -0.4 is 5.32 Å². The van der Waals surface area contributed by atoms with Gasteiger partial charge in [-0.3, -0.25) is 0 Å². The van der Waals surface area contributed by atoms with Crippen molar-refractivity contribution >= 4 is 21.6 Å². The minimum atomic E-state index is 0.691. The van der Waals surface area contributed by atoms with Crippen LogP contribution in [0.3, 0.4) is 0 Å². The fraction of sp³-hybridized carbons (Fsp3) is 0.500. The first kappa shape index (κ1) is 12.4. The minimum Gasteiger partial charge on any atom is -0.384 e. The van der Waals surface area contributed by atoms with E-state index >= 15 is 0 Å². The maximum absolute atomic E-state index is 8.80. The van der Waals surface area contributed by atoms with E-state index < -0.39 is 0 Å². The zero-order valence-corrected chi connectivity index (χ0v) is 11.6. The summed E-state index contributed by atoms with van der Waals surface area (Å²) in [7, 11) is 0. The van der Waals surface area contributed by atoms with Crippen LogP contribution in [0.5, 0.6) is 0 Å². The molecule has 1 aliphatic carbocycles. The highest BCUT2D eigenvalue weighted by Crippen LogP contribution is 2.32. The van der Waals surface area contributed by atoms with E-state index in [0.717, 1.165) is 28.5 Å². The largest absolute Gasteiger partial charge is 0.384 e. The Morgan fingerprint density at radius 1 is 1.47 bits per heavy atom. The molecule has 1 saturated carbocycles. The molecule has 90 valence electrons. The summed E-state index contributed by atoms with van der Waals surface area (Å²) in [6.45, 7) is 3.37. The maximum Gasteiger partial charge on any atom is 0.0992 e. The molecule has 1 aliphatic rings. The number of rotatable bonds is 3. The molecule has 0 aliphatic heterocycles. The van der Waals surface area contributed by atoms with Crippen LogP contribution in [0.15, 0.2) is 22.7 Å². The number of anilines is 1. The number of halogens is 1. The lowest BCUT2D eigenvalue weighted by atomic mass is 9.98. The summed E-state index contributed by atoms with van der Waals surface area (Å²) in [6, 6.07) is 7.83. The van der Waals surface area contributed by atoms with E-state index in [0.29, 0.717) is 5.56 Å². The van der Waals surface area contributed by atoms with Crippen LogP contribution in [0.2, 0.25) is 0 Å². The second-order valence-corrected chi connectivity index (χ2v) is 5.71. The molecule has 1 N–H and O–H groups in total. The Kier molecular flexibility index (Phi) is 4.06. The normalized spacial score (nSPS) is 23.4. The molecule has 2 atom stereocenters. The lowest BCUT2D eigenvalue weighted by Gasteiger charge is -2.17. The van der Waals surface area contributed by atoms with Crippen LogP contribution in [-0.4, -0.2) is 6.54 Å². The van der Waals surface area contributed by atoms with Crippen LogP contribution in [0.25, 0.3) is 0 Å². The summed E-state index contributed by atoms with van der Waals surface area (Å²) >= 11 is 3.50. The highest BCUT2D eigenvalue weighted by Gasteiger charge is 2.22. The van der Waals surface area contributed by atoms with Crippen molar-refractivity contribution < 1.29 is 0 Å². The average molecular weight is 293 g/mol. The van der Waals surface area contributed by atoms with E-state index in [1.807, 2.05) is 18.2 Å². The molecule has 1 aromatic rings. The molecule has 1 aromatic carbocycles. The third kappa shape index (κ3) is 3.01. The zero-order valence-electron chi connectivity index (χ0n) is 10.0. The number of nitrogens with zero attached hydrogens (tertiary/aromatic N) is 1. The van der Waals surface area contributed by atoms with Gasteiger partial charge in [-0.25, -0.2) is 0 Å². The molecule has 0 heterocycles. The standard InChI is InChI=1S/C14H17BrN2/c1-10-3-2-4-12(10)9-17-14-6-5-11(8-16)7-13(14)15/h5-7,10,12,17H,2-4,9H2,1H3. The van der Waals surface area contributed by atoms with Crippen molar-refractivity contribution in [1.29, 1.82) is 5.26 Å². The molecular weight excluding hydrogens is 276 g/mol. The summed E-state index contributed by atoms with van der Waals surface area (Å²) in [4.78, 5) is 0. The summed E-state index contributed by atoms with van der Waals surface area (Å²) < 4.78 is 0.974. The Labute approximate surface area is 111 Å². The van der Waals surface area contributed by atoms with Gasteiger partial charge in [0.1, 0.15) is 0 Å². The van der Waals surface area contributed by atoms with Crippen molar-refractivity contribution in [2.75, 3.05) is 11.9 Å². The van der Waals surface area contributed by atoms with Gasteiger partial charge in [0.15, 0.2) is 0 Å². The monoisotopic (exact) mass is 292 g/mol. The van der Waals surface area contributed by atoms with Gasteiger partial charge in [-0.15, -0.1) is 0 Å². The van der Waals surface area contributed by atoms with Crippen molar-refractivity contribution in [3.63, 3.8) is 0 Å². The second kappa shape index (κ2) is 5.55. The van der Waals surface area contributed by atoms with Crippen LogP contribution in [0.4, 0.5) is 5.69 Å². The summed E-state index contributed by atoms with van der Waals surface area (Å²) in [5, 5.41) is 12.3. The van der Waals surface area contributed by atoms with Gasteiger partial charge in [0, 0.05) is 16.7 Å². The Morgan fingerprint density at radius 2 is 2.29 bits per heavy atom. The van der Waals surface area contributed by atoms with Crippen LogP contribution in [-0.2, 0) is 0 Å². The molecule has 1 fully saturated rings. The first-order chi connectivity index (χ1) is 8.20. The van der Waals surface area contributed by atoms with Gasteiger partial charge in [-0.05, 0) is 52.4 Å². The number of nitriles is 1. The quantitative estimate of drug-likeness (QED) is 0.908. The number of nitrogens with one attached hydrogen (secondary N) is 1. The lowest BCUT2D eigenvalue weighted by molar-refractivity contribution is 0.439. The second-order valence-electron chi connectivity index (χ2n) is 4.86. The van der Waals surface area contributed by atoms with Gasteiger partial charge in [0.2, 0.25) is 0 Å². The van der Waals surface area contributed by atoms with Crippen LogP contribution in [0, 0.1) is 23.2 Å². The van der Waals surface area contributed by atoms with E-state index in [2.05, 4.69) is 34.2 Å². The van der Waals surface area contributed by atoms with E-state index in [4.69, 9.17) is 5.26 Å². The third-order valence-corrected chi connectivity index (χ3v) is 4.35. The number of benzene rings is 1. The predicted molar refractivity (Wildman–Crippen MR) is 73.9 cm³/mol. The van der Waals surface area contributed by atoms with Gasteiger partial charge in [0.05, 0.1) is 11.6 Å². The summed E-state index contributed by atoms with van der Waals surface area (Å²) in [6.07, 6.45) is 4.06. The fourth-order valence-corrected chi connectivity index (χ4v) is 3.01. The molecule has 0 bridgehead atoms. The molecule has 0 radical (unpaired) electrons. The van der Waals surface area contributed by atoms with Gasteiger partial charge >= 0.3 is 0 Å². The van der Waals surface area contributed by atoms with E-state index in [-0.39, 0.29) is 0 Å². The Balaban J connectivity index is 1.97. The molecule has 2 rings (SSSR count). The van der Waals surface area contributed by atoms with E-state index in [1.165, 1.54) is 19.3 Å². The molecular formula is C14H17BrN2. The van der Waals surface area contributed by atoms with Gasteiger partial charge in [-0.2, -0.15) is 5.26 Å². The smallest absolute Gasteiger partial charge is 0.0992 e. The molecule has 0 saturated heterocycles. The highest BCUT2D eigenvalue weighted by atomic mass is 79.9. The molecule has 0 amide bonds. The topological polar surface area (TPSA) is 35.8 Å². The maximum atomic E-state index is 8.80. The number of hydrogen-bond donors (Lipinski definition) is 1. The van der Waals surface area contributed by atoms with Gasteiger partial charge in [0.25, 0.3) is 0 Å². The van der Waals surface area contributed by atoms with Crippen molar-refractivity contribution in [3.05, 3.63) is 28.2 Å². The SMILES string of the molecule is CC1CCCC1CNc1ccc(C#N)cc1Br. The molecule has 17 heavy (non-hydrogen) atoms. The molecule has 3 heteroatoms. The molecule has 0 aromatic heterocycles. The van der Waals surface area contributed by atoms with Crippen molar-refractivity contribution in [2.24, 2.45) is 11.8 Å². The van der Waals surface area contributed by atoms with Crippen LogP contribution >= 0.6 is 15.9 Å². The van der Waals surface area contributed by atoms with Gasteiger partial charge in [-0.1, -0.05) is 19.8 Å². The Hall–Kier alpha value is -1.01. The average Bonchev–Trinajstić information content (AvgIpc) is 2.73. The number of hydrogen-bond acceptors (Lipinski definition) is 2. The van der Waals surface area contributed by atoms with E-state index in [9.17, 15) is 0 Å². The zero-order chi connectivity index (χ0) is 12.3. The van der Waals surface area contributed by atoms with Crippen LogP contribution in [0.1, 0.15) is 31.7 Å².